The monoisotopic (exact) mass is 778 g/mol. The van der Waals surface area contributed by atoms with Gasteiger partial charge in [0, 0.05) is 21.5 Å². The highest BCUT2D eigenvalue weighted by atomic mass is 19.4. The van der Waals surface area contributed by atoms with Crippen molar-refractivity contribution in [3.05, 3.63) is 191 Å². The topological polar surface area (TPSA) is 57.4 Å². The summed E-state index contributed by atoms with van der Waals surface area (Å²) in [5.41, 5.74) is 14.7. The number of hydrogen-bond acceptors (Lipinski definition) is 2. The molecule has 10 aromatic rings. The quantitative estimate of drug-likeness (QED) is 0.179. The summed E-state index contributed by atoms with van der Waals surface area (Å²) >= 11 is 0. The van der Waals surface area contributed by atoms with Gasteiger partial charge < -0.3 is 9.13 Å². The van der Waals surface area contributed by atoms with Gasteiger partial charge in [-0.3, -0.25) is 0 Å². The molecule has 2 aliphatic rings. The third-order valence-electron chi connectivity index (χ3n) is 12.7. The van der Waals surface area contributed by atoms with Crippen molar-refractivity contribution in [2.45, 2.75) is 19.0 Å². The summed E-state index contributed by atoms with van der Waals surface area (Å²) in [4.78, 5) is 0. The molecule has 0 bridgehead atoms. The van der Waals surface area contributed by atoms with E-state index < -0.39 is 11.7 Å². The molecule has 0 saturated heterocycles. The number of nitriles is 2. The fourth-order valence-electron chi connectivity index (χ4n) is 10.2. The van der Waals surface area contributed by atoms with Gasteiger partial charge in [-0.05, 0) is 117 Å². The lowest BCUT2D eigenvalue weighted by Gasteiger charge is -2.19. The van der Waals surface area contributed by atoms with Crippen LogP contribution in [0.2, 0.25) is 0 Å². The SMILES string of the molecule is N#Cc1cc(C(F)(F)F)ccc1-c1cc(-n2c3ccccc3c3c4c(ccc32)-c2ccccc2C4)c(C#N)c(-n2c3ccccc3c3c4c(ccc32)-c2ccccc2C4)c1. The highest BCUT2D eigenvalue weighted by molar-refractivity contribution is 6.15. The van der Waals surface area contributed by atoms with Crippen molar-refractivity contribution in [2.24, 2.45) is 0 Å². The molecule has 0 aliphatic heterocycles. The van der Waals surface area contributed by atoms with E-state index in [0.717, 1.165) is 68.6 Å². The molecular weight excluding hydrogens is 750 g/mol. The maximum Gasteiger partial charge on any atom is 0.416 e. The van der Waals surface area contributed by atoms with Crippen LogP contribution in [0.5, 0.6) is 0 Å². The summed E-state index contributed by atoms with van der Waals surface area (Å²) in [5.74, 6) is 0. The molecule has 2 heterocycles. The standard InChI is InChI=1S/C53H29F3N4/c54-53(55,56)34-17-18-35(33(23-34)28-57)32-26-49(59-45-15-7-5-13-40(45)51-42-24-30-9-1-3-11-36(30)38(42)19-21-47(51)59)44(29-58)50(27-32)60-46-16-8-6-14-41(46)52-43-25-31-10-2-4-12-37(31)39(43)20-22-48(52)60/h1-23,26-27H,24-25H2. The fourth-order valence-corrected chi connectivity index (χ4v) is 10.2. The molecule has 0 radical (unpaired) electrons. The molecule has 2 aliphatic carbocycles. The van der Waals surface area contributed by atoms with Crippen LogP contribution in [0.1, 0.15) is 38.9 Å². The number of para-hydroxylation sites is 2. The number of aromatic nitrogens is 2. The van der Waals surface area contributed by atoms with Gasteiger partial charge in [-0.15, -0.1) is 0 Å². The molecule has 0 spiro atoms. The number of alkyl halides is 3. The van der Waals surface area contributed by atoms with Crippen molar-refractivity contribution in [1.82, 2.24) is 9.13 Å². The molecule has 60 heavy (non-hydrogen) atoms. The van der Waals surface area contributed by atoms with Crippen LogP contribution in [0.15, 0.2) is 152 Å². The van der Waals surface area contributed by atoms with E-state index in [0.29, 0.717) is 28.1 Å². The Morgan fingerprint density at radius 3 is 1.45 bits per heavy atom. The van der Waals surface area contributed by atoms with Gasteiger partial charge in [-0.2, -0.15) is 23.7 Å². The number of halogens is 3. The van der Waals surface area contributed by atoms with Crippen molar-refractivity contribution in [3.8, 4) is 56.9 Å². The lowest BCUT2D eigenvalue weighted by molar-refractivity contribution is -0.137. The largest absolute Gasteiger partial charge is 0.416 e. The zero-order chi connectivity index (χ0) is 40.4. The maximum absolute atomic E-state index is 14.0. The van der Waals surface area contributed by atoms with Gasteiger partial charge in [0.25, 0.3) is 0 Å². The first-order chi connectivity index (χ1) is 29.3. The van der Waals surface area contributed by atoms with Crippen molar-refractivity contribution < 1.29 is 13.2 Å². The third-order valence-corrected chi connectivity index (χ3v) is 12.7. The Morgan fingerprint density at radius 2 is 0.950 bits per heavy atom. The van der Waals surface area contributed by atoms with Gasteiger partial charge in [0.2, 0.25) is 0 Å². The van der Waals surface area contributed by atoms with E-state index in [-0.39, 0.29) is 5.56 Å². The highest BCUT2D eigenvalue weighted by Gasteiger charge is 2.32. The van der Waals surface area contributed by atoms with E-state index in [2.05, 4.69) is 118 Å². The third kappa shape index (κ3) is 4.66. The predicted octanol–water partition coefficient (Wildman–Crippen LogP) is 13.5. The van der Waals surface area contributed by atoms with Gasteiger partial charge in [0.1, 0.15) is 11.6 Å². The molecule has 7 heteroatoms. The average molecular weight is 779 g/mol. The van der Waals surface area contributed by atoms with Crippen molar-refractivity contribution in [1.29, 1.82) is 10.5 Å². The van der Waals surface area contributed by atoms with Gasteiger partial charge in [-0.25, -0.2) is 0 Å². The Hall–Kier alpha value is -7.87. The van der Waals surface area contributed by atoms with Crippen molar-refractivity contribution in [3.63, 3.8) is 0 Å². The van der Waals surface area contributed by atoms with E-state index in [4.69, 9.17) is 0 Å². The molecule has 0 unspecified atom stereocenters. The van der Waals surface area contributed by atoms with Gasteiger partial charge >= 0.3 is 6.18 Å². The second-order valence-electron chi connectivity index (χ2n) is 15.7. The predicted molar refractivity (Wildman–Crippen MR) is 231 cm³/mol. The minimum Gasteiger partial charge on any atom is -0.308 e. The van der Waals surface area contributed by atoms with Crippen LogP contribution >= 0.6 is 0 Å². The van der Waals surface area contributed by atoms with Crippen LogP contribution in [0.4, 0.5) is 13.2 Å². The van der Waals surface area contributed by atoms with E-state index >= 15 is 0 Å². The second-order valence-corrected chi connectivity index (χ2v) is 15.7. The minimum absolute atomic E-state index is 0.109. The Labute approximate surface area is 341 Å². The lowest BCUT2D eigenvalue weighted by atomic mass is 9.95. The van der Waals surface area contributed by atoms with Crippen LogP contribution in [0.25, 0.3) is 88.4 Å². The van der Waals surface area contributed by atoms with Gasteiger partial charge in [-0.1, -0.05) is 103 Å². The molecule has 282 valence electrons. The highest BCUT2D eigenvalue weighted by Crippen LogP contribution is 2.48. The molecule has 0 fully saturated rings. The van der Waals surface area contributed by atoms with E-state index in [1.807, 2.05) is 36.4 Å². The molecule has 0 amide bonds. The fraction of sp³-hybridized carbons (Fsp3) is 0.0566. The Kier molecular flexibility index (Phi) is 7.02. The first-order valence-electron chi connectivity index (χ1n) is 19.8. The lowest BCUT2D eigenvalue weighted by Crippen LogP contribution is -2.07. The van der Waals surface area contributed by atoms with Crippen LogP contribution in [0, 0.1) is 22.7 Å². The summed E-state index contributed by atoms with van der Waals surface area (Å²) < 4.78 is 46.4. The molecular formula is C53H29F3N4. The van der Waals surface area contributed by atoms with Crippen molar-refractivity contribution in [2.75, 3.05) is 0 Å². The molecule has 2 aromatic heterocycles. The van der Waals surface area contributed by atoms with Crippen LogP contribution in [-0.4, -0.2) is 9.13 Å². The normalized spacial score (nSPS) is 12.8. The van der Waals surface area contributed by atoms with E-state index in [9.17, 15) is 23.7 Å². The molecule has 0 atom stereocenters. The van der Waals surface area contributed by atoms with Crippen LogP contribution < -0.4 is 0 Å². The number of rotatable bonds is 3. The molecule has 0 N–H and O–H groups in total. The Morgan fingerprint density at radius 1 is 0.467 bits per heavy atom. The number of nitrogens with zero attached hydrogens (tertiary/aromatic N) is 4. The number of benzene rings is 8. The maximum atomic E-state index is 14.0. The van der Waals surface area contributed by atoms with Gasteiger partial charge in [0.05, 0.1) is 50.6 Å². The average Bonchev–Trinajstić information content (AvgIpc) is 4.03. The smallest absolute Gasteiger partial charge is 0.308 e. The van der Waals surface area contributed by atoms with Gasteiger partial charge in [0.15, 0.2) is 0 Å². The minimum atomic E-state index is -4.63. The van der Waals surface area contributed by atoms with E-state index in [1.165, 1.54) is 50.6 Å². The first kappa shape index (κ1) is 34.2. The van der Waals surface area contributed by atoms with Crippen LogP contribution in [0.3, 0.4) is 0 Å². The summed E-state index contributed by atoms with van der Waals surface area (Å²) in [5, 5.41) is 26.1. The molecule has 12 rings (SSSR count). The molecule has 4 nitrogen and oxygen atoms in total. The zero-order valence-corrected chi connectivity index (χ0v) is 31.8. The number of fused-ring (bicyclic) bond motifs is 14. The van der Waals surface area contributed by atoms with Crippen LogP contribution in [-0.2, 0) is 19.0 Å². The first-order valence-corrected chi connectivity index (χ1v) is 19.8. The summed E-state index contributed by atoms with van der Waals surface area (Å²) in [6, 6.07) is 53.5. The molecule has 8 aromatic carbocycles. The summed E-state index contributed by atoms with van der Waals surface area (Å²) in [7, 11) is 0. The zero-order valence-electron chi connectivity index (χ0n) is 31.8. The molecule has 0 saturated carbocycles. The summed E-state index contributed by atoms with van der Waals surface area (Å²) in [6.07, 6.45) is -3.10. The Bertz CT molecular complexity index is 3430. The summed E-state index contributed by atoms with van der Waals surface area (Å²) in [6.45, 7) is 0. The van der Waals surface area contributed by atoms with E-state index in [1.54, 1.807) is 0 Å². The van der Waals surface area contributed by atoms with Crippen molar-refractivity contribution >= 4 is 43.6 Å². The Balaban J connectivity index is 1.21. The number of hydrogen-bond donors (Lipinski definition) is 0. The second kappa shape index (κ2) is 12.3.